The third-order valence-corrected chi connectivity index (χ3v) is 2.73. The minimum atomic E-state index is -1.48. The number of aromatic carboxylic acids is 1. The fourth-order valence-electron chi connectivity index (χ4n) is 1.82. The van der Waals surface area contributed by atoms with Gasteiger partial charge in [-0.1, -0.05) is 0 Å². The number of anilines is 1. The van der Waals surface area contributed by atoms with Crippen LogP contribution in [0.3, 0.4) is 0 Å². The first-order chi connectivity index (χ1) is 8.09. The van der Waals surface area contributed by atoms with Crippen molar-refractivity contribution in [3.8, 4) is 0 Å². The van der Waals surface area contributed by atoms with Crippen molar-refractivity contribution >= 4 is 11.7 Å². The summed E-state index contributed by atoms with van der Waals surface area (Å²) in [6.07, 6.45) is 0.821. The van der Waals surface area contributed by atoms with Crippen LogP contribution in [-0.4, -0.2) is 30.2 Å². The van der Waals surface area contributed by atoms with E-state index in [0.717, 1.165) is 19.0 Å². The molecule has 4 nitrogen and oxygen atoms in total. The van der Waals surface area contributed by atoms with E-state index in [-0.39, 0.29) is 11.7 Å². The second-order valence-electron chi connectivity index (χ2n) is 3.93. The summed E-state index contributed by atoms with van der Waals surface area (Å²) in [6.45, 7) is 1.51. The number of carboxylic acids is 1. The quantitative estimate of drug-likeness (QED) is 0.750. The molecule has 1 atom stereocenters. The highest BCUT2D eigenvalue weighted by atomic mass is 19.2. The predicted octanol–water partition coefficient (Wildman–Crippen LogP) is 1.44. The second-order valence-corrected chi connectivity index (χ2v) is 3.93. The van der Waals surface area contributed by atoms with Gasteiger partial charge in [0.2, 0.25) is 0 Å². The van der Waals surface area contributed by atoms with Crippen molar-refractivity contribution in [2.75, 3.05) is 18.4 Å². The Bertz CT molecular complexity index is 445. The van der Waals surface area contributed by atoms with Crippen LogP contribution < -0.4 is 10.6 Å². The summed E-state index contributed by atoms with van der Waals surface area (Å²) in [7, 11) is 0. The summed E-state index contributed by atoms with van der Waals surface area (Å²) in [4.78, 5) is 10.6. The van der Waals surface area contributed by atoms with E-state index in [9.17, 15) is 13.6 Å². The lowest BCUT2D eigenvalue weighted by molar-refractivity contribution is 0.0690. The largest absolute Gasteiger partial charge is 0.478 e. The van der Waals surface area contributed by atoms with Gasteiger partial charge in [-0.2, -0.15) is 0 Å². The lowest BCUT2D eigenvalue weighted by Crippen LogP contribution is -2.23. The number of hydrogen-bond acceptors (Lipinski definition) is 3. The molecule has 1 aromatic rings. The molecule has 92 valence electrons. The molecule has 1 aromatic carbocycles. The molecule has 6 heteroatoms. The van der Waals surface area contributed by atoms with Crippen LogP contribution in [0.25, 0.3) is 0 Å². The third-order valence-electron chi connectivity index (χ3n) is 2.73. The molecule has 1 unspecified atom stereocenters. The highest BCUT2D eigenvalue weighted by Crippen LogP contribution is 2.22. The second kappa shape index (κ2) is 4.67. The number of nitrogens with one attached hydrogen (secondary N) is 2. The van der Waals surface area contributed by atoms with Gasteiger partial charge in [-0.15, -0.1) is 0 Å². The first kappa shape index (κ1) is 11.8. The maximum atomic E-state index is 13.6. The van der Waals surface area contributed by atoms with Crippen molar-refractivity contribution in [1.82, 2.24) is 5.32 Å². The summed E-state index contributed by atoms with van der Waals surface area (Å²) >= 11 is 0. The predicted molar refractivity (Wildman–Crippen MR) is 58.2 cm³/mol. The van der Waals surface area contributed by atoms with Gasteiger partial charge in [0.15, 0.2) is 11.6 Å². The SMILES string of the molecule is O=C(O)c1ccc(NC2CCNC2)c(F)c1F. The van der Waals surface area contributed by atoms with Gasteiger partial charge in [-0.05, 0) is 25.1 Å². The van der Waals surface area contributed by atoms with Crippen LogP contribution in [0, 0.1) is 11.6 Å². The van der Waals surface area contributed by atoms with Crippen molar-refractivity contribution in [1.29, 1.82) is 0 Å². The number of benzene rings is 1. The molecular formula is C11H12F2N2O2. The fraction of sp³-hybridized carbons (Fsp3) is 0.364. The first-order valence-corrected chi connectivity index (χ1v) is 5.28. The first-order valence-electron chi connectivity index (χ1n) is 5.28. The lowest BCUT2D eigenvalue weighted by atomic mass is 10.1. The molecule has 1 fully saturated rings. The molecule has 0 aliphatic carbocycles. The number of hydrogen-bond donors (Lipinski definition) is 3. The lowest BCUT2D eigenvalue weighted by Gasteiger charge is -2.14. The normalized spacial score (nSPS) is 19.3. The summed E-state index contributed by atoms with van der Waals surface area (Å²) < 4.78 is 26.9. The smallest absolute Gasteiger partial charge is 0.338 e. The van der Waals surface area contributed by atoms with E-state index in [1.54, 1.807) is 0 Å². The van der Waals surface area contributed by atoms with E-state index >= 15 is 0 Å². The molecule has 1 aliphatic heterocycles. The zero-order chi connectivity index (χ0) is 12.4. The molecule has 0 bridgehead atoms. The Morgan fingerprint density at radius 1 is 1.41 bits per heavy atom. The van der Waals surface area contributed by atoms with E-state index in [1.807, 2.05) is 0 Å². The summed E-state index contributed by atoms with van der Waals surface area (Å²) in [5.74, 6) is -3.94. The van der Waals surface area contributed by atoms with Gasteiger partial charge < -0.3 is 15.7 Å². The van der Waals surface area contributed by atoms with Crippen molar-refractivity contribution < 1.29 is 18.7 Å². The summed E-state index contributed by atoms with van der Waals surface area (Å²) in [5, 5.41) is 14.6. The zero-order valence-electron chi connectivity index (χ0n) is 8.96. The molecule has 0 saturated carbocycles. The number of rotatable bonds is 3. The summed E-state index contributed by atoms with van der Waals surface area (Å²) in [5.41, 5.74) is -0.654. The third kappa shape index (κ3) is 2.36. The van der Waals surface area contributed by atoms with E-state index in [0.29, 0.717) is 6.54 Å². The molecule has 0 aromatic heterocycles. The maximum Gasteiger partial charge on any atom is 0.338 e. The van der Waals surface area contributed by atoms with E-state index in [4.69, 9.17) is 5.11 Å². The van der Waals surface area contributed by atoms with Gasteiger partial charge in [0, 0.05) is 12.6 Å². The van der Waals surface area contributed by atoms with Crippen LogP contribution in [0.5, 0.6) is 0 Å². The van der Waals surface area contributed by atoms with Crippen LogP contribution in [0.2, 0.25) is 0 Å². The molecule has 17 heavy (non-hydrogen) atoms. The summed E-state index contributed by atoms with van der Waals surface area (Å²) in [6, 6.07) is 2.35. The molecule has 0 amide bonds. The molecule has 1 saturated heterocycles. The van der Waals surface area contributed by atoms with Gasteiger partial charge in [0.25, 0.3) is 0 Å². The molecule has 1 aliphatic rings. The Hall–Kier alpha value is -1.69. The monoisotopic (exact) mass is 242 g/mol. The van der Waals surface area contributed by atoms with E-state index in [1.165, 1.54) is 6.07 Å². The van der Waals surface area contributed by atoms with Gasteiger partial charge in [0.1, 0.15) is 0 Å². The highest BCUT2D eigenvalue weighted by Gasteiger charge is 2.20. The molecule has 0 spiro atoms. The van der Waals surface area contributed by atoms with Gasteiger partial charge >= 0.3 is 5.97 Å². The Morgan fingerprint density at radius 2 is 2.18 bits per heavy atom. The molecule has 1 heterocycles. The van der Waals surface area contributed by atoms with Crippen molar-refractivity contribution in [2.45, 2.75) is 12.5 Å². The average Bonchev–Trinajstić information content (AvgIpc) is 2.77. The molecule has 2 rings (SSSR count). The van der Waals surface area contributed by atoms with Crippen LogP contribution >= 0.6 is 0 Å². The minimum Gasteiger partial charge on any atom is -0.478 e. The van der Waals surface area contributed by atoms with Crippen LogP contribution in [0.15, 0.2) is 12.1 Å². The zero-order valence-corrected chi connectivity index (χ0v) is 8.96. The molecule has 0 radical (unpaired) electrons. The van der Waals surface area contributed by atoms with Crippen molar-refractivity contribution in [2.24, 2.45) is 0 Å². The average molecular weight is 242 g/mol. The van der Waals surface area contributed by atoms with E-state index in [2.05, 4.69) is 10.6 Å². The highest BCUT2D eigenvalue weighted by molar-refractivity contribution is 5.88. The van der Waals surface area contributed by atoms with Gasteiger partial charge in [-0.25, -0.2) is 13.6 Å². The number of carbonyl (C=O) groups is 1. The Labute approximate surface area is 96.6 Å². The Morgan fingerprint density at radius 3 is 2.76 bits per heavy atom. The molecule has 3 N–H and O–H groups in total. The molecular weight excluding hydrogens is 230 g/mol. The van der Waals surface area contributed by atoms with E-state index < -0.39 is 23.2 Å². The Kier molecular flexibility index (Phi) is 3.23. The number of carboxylic acid groups (broad SMARTS) is 1. The topological polar surface area (TPSA) is 61.4 Å². The fourth-order valence-corrected chi connectivity index (χ4v) is 1.82. The van der Waals surface area contributed by atoms with Crippen LogP contribution in [0.1, 0.15) is 16.8 Å². The standard InChI is InChI=1S/C11H12F2N2O2/c12-9-7(11(16)17)1-2-8(10(9)13)15-6-3-4-14-5-6/h1-2,6,14-15H,3-5H2,(H,16,17). The van der Waals surface area contributed by atoms with Crippen LogP contribution in [-0.2, 0) is 0 Å². The van der Waals surface area contributed by atoms with Crippen molar-refractivity contribution in [3.63, 3.8) is 0 Å². The van der Waals surface area contributed by atoms with Crippen molar-refractivity contribution in [3.05, 3.63) is 29.3 Å². The number of halogens is 2. The maximum absolute atomic E-state index is 13.6. The minimum absolute atomic E-state index is 0.00111. The van der Waals surface area contributed by atoms with Gasteiger partial charge in [0.05, 0.1) is 11.3 Å². The Balaban J connectivity index is 2.23. The van der Waals surface area contributed by atoms with Crippen LogP contribution in [0.4, 0.5) is 14.5 Å². The van der Waals surface area contributed by atoms with Gasteiger partial charge in [-0.3, -0.25) is 0 Å².